The molecule has 0 aromatic rings. The molecule has 35 heavy (non-hydrogen) atoms. The maximum absolute atomic E-state index is 12.0. The normalized spacial score (nSPS) is 41.7. The third-order valence-electron chi connectivity index (χ3n) is 8.54. The lowest BCUT2D eigenvalue weighted by molar-refractivity contribution is -0.285. The van der Waals surface area contributed by atoms with E-state index in [2.05, 4.69) is 27.7 Å². The number of hydrogen-bond donors (Lipinski definition) is 4. The molecule has 0 bridgehead atoms. The van der Waals surface area contributed by atoms with Crippen LogP contribution in [0.5, 0.6) is 0 Å². The number of carbonyl (C=O) groups is 1. The van der Waals surface area contributed by atoms with E-state index in [-0.39, 0.29) is 18.6 Å². The van der Waals surface area contributed by atoms with Crippen molar-refractivity contribution in [3.63, 3.8) is 0 Å². The van der Waals surface area contributed by atoms with E-state index in [4.69, 9.17) is 14.2 Å². The molecule has 0 radical (unpaired) electrons. The summed E-state index contributed by atoms with van der Waals surface area (Å²) in [7, 11) is 0. The quantitative estimate of drug-likeness (QED) is 0.340. The van der Waals surface area contributed by atoms with Crippen molar-refractivity contribution in [1.29, 1.82) is 0 Å². The van der Waals surface area contributed by atoms with Crippen molar-refractivity contribution in [1.82, 2.24) is 0 Å². The van der Waals surface area contributed by atoms with Crippen molar-refractivity contribution in [3.8, 4) is 0 Å². The van der Waals surface area contributed by atoms with Gasteiger partial charge in [0.15, 0.2) is 6.29 Å². The first-order valence-electron chi connectivity index (χ1n) is 12.7. The van der Waals surface area contributed by atoms with Gasteiger partial charge in [-0.15, -0.1) is 0 Å². The number of carbonyl (C=O) groups excluding carboxylic acids is 1. The molecule has 1 saturated carbocycles. The van der Waals surface area contributed by atoms with Crippen LogP contribution in [0.2, 0.25) is 0 Å². The zero-order valence-electron chi connectivity index (χ0n) is 21.4. The number of ether oxygens (including phenoxy) is 3. The van der Waals surface area contributed by atoms with Gasteiger partial charge < -0.3 is 34.6 Å². The summed E-state index contributed by atoms with van der Waals surface area (Å²) in [4.78, 5) is 12.0. The highest BCUT2D eigenvalue weighted by molar-refractivity contribution is 5.67. The van der Waals surface area contributed by atoms with Gasteiger partial charge in [-0.2, -0.15) is 0 Å². The standard InChI is InChI=1S/C27H40O8/c1-14(2)17-6-7-26(4)8-9-27(5)18(22(17)26)11-20(34-15(3)29)16(12-28)10-21(27)35-25-24(32)23(31)19(30)13-33-25/h10-11,14,19-21,23-25,28,30-32H,6-9,12-13H2,1-5H3/t19-,20-,21+,23+,24-,25+,26-,27-/m1/s1. The second-order valence-corrected chi connectivity index (χ2v) is 11.4. The van der Waals surface area contributed by atoms with Crippen LogP contribution in [0.3, 0.4) is 0 Å². The van der Waals surface area contributed by atoms with Crippen molar-refractivity contribution >= 4 is 5.97 Å². The molecule has 1 aliphatic heterocycles. The van der Waals surface area contributed by atoms with Gasteiger partial charge in [0.25, 0.3) is 0 Å². The van der Waals surface area contributed by atoms with Gasteiger partial charge in [-0.25, -0.2) is 0 Å². The topological polar surface area (TPSA) is 126 Å². The molecule has 1 heterocycles. The summed E-state index contributed by atoms with van der Waals surface area (Å²) in [6, 6.07) is 0. The fourth-order valence-corrected chi connectivity index (χ4v) is 6.29. The first-order chi connectivity index (χ1) is 16.4. The lowest BCUT2D eigenvalue weighted by Crippen LogP contribution is -2.55. The molecule has 4 aliphatic rings. The van der Waals surface area contributed by atoms with E-state index in [1.54, 1.807) is 6.08 Å². The fraction of sp³-hybridized carbons (Fsp3) is 0.741. The van der Waals surface area contributed by atoms with E-state index in [0.717, 1.165) is 31.3 Å². The maximum atomic E-state index is 12.0. The molecule has 0 spiro atoms. The smallest absolute Gasteiger partial charge is 0.303 e. The predicted molar refractivity (Wildman–Crippen MR) is 128 cm³/mol. The highest BCUT2D eigenvalue weighted by Crippen LogP contribution is 2.62. The Morgan fingerprint density at radius 1 is 1.14 bits per heavy atom. The first kappa shape index (κ1) is 26.5. The van der Waals surface area contributed by atoms with Gasteiger partial charge in [0.1, 0.15) is 24.4 Å². The van der Waals surface area contributed by atoms with Crippen molar-refractivity contribution in [2.24, 2.45) is 16.7 Å². The van der Waals surface area contributed by atoms with Gasteiger partial charge in [0.2, 0.25) is 0 Å². The average Bonchev–Trinajstić information content (AvgIpc) is 3.10. The largest absolute Gasteiger partial charge is 0.454 e. The second-order valence-electron chi connectivity index (χ2n) is 11.4. The van der Waals surface area contributed by atoms with Gasteiger partial charge in [-0.1, -0.05) is 33.3 Å². The lowest BCUT2D eigenvalue weighted by atomic mass is 9.58. The number of esters is 1. The molecule has 4 N–H and O–H groups in total. The Kier molecular flexibility index (Phi) is 7.37. The molecule has 3 aliphatic carbocycles. The number of fused-ring (bicyclic) bond motifs is 3. The van der Waals surface area contributed by atoms with Crippen LogP contribution in [0.1, 0.15) is 60.3 Å². The van der Waals surface area contributed by atoms with E-state index in [1.807, 2.05) is 6.08 Å². The first-order valence-corrected chi connectivity index (χ1v) is 12.7. The summed E-state index contributed by atoms with van der Waals surface area (Å²) in [6.07, 6.45) is 0.990. The molecule has 8 atom stereocenters. The monoisotopic (exact) mass is 492 g/mol. The molecule has 4 rings (SSSR count). The van der Waals surface area contributed by atoms with Gasteiger partial charge in [0, 0.05) is 12.3 Å². The van der Waals surface area contributed by atoms with Crippen LogP contribution in [-0.4, -0.2) is 76.4 Å². The molecule has 2 fully saturated rings. The van der Waals surface area contributed by atoms with Crippen LogP contribution >= 0.6 is 0 Å². The average molecular weight is 493 g/mol. The minimum Gasteiger partial charge on any atom is -0.454 e. The van der Waals surface area contributed by atoms with Gasteiger partial charge in [-0.3, -0.25) is 4.79 Å². The molecule has 0 amide bonds. The molecule has 1 saturated heterocycles. The Morgan fingerprint density at radius 2 is 1.86 bits per heavy atom. The highest BCUT2D eigenvalue weighted by Gasteiger charge is 2.54. The van der Waals surface area contributed by atoms with Gasteiger partial charge >= 0.3 is 5.97 Å². The summed E-state index contributed by atoms with van der Waals surface area (Å²) in [5.74, 6) is -0.0891. The summed E-state index contributed by atoms with van der Waals surface area (Å²) < 4.78 is 17.6. The molecular formula is C27H40O8. The Morgan fingerprint density at radius 3 is 2.49 bits per heavy atom. The van der Waals surface area contributed by atoms with Crippen LogP contribution in [0.25, 0.3) is 0 Å². The molecule has 8 nitrogen and oxygen atoms in total. The molecule has 0 aromatic heterocycles. The SMILES string of the molecule is CC(=O)O[C@@H]1C=C2C3=C(C(C)C)CC[C@]3(C)CC[C@@]2(C)[C@@H](O[C@@H]2OC[C@@H](O)[C@H](O)[C@H]2O)C=C1CO. The fourth-order valence-electron chi connectivity index (χ4n) is 6.29. The number of aliphatic hydroxyl groups excluding tert-OH is 4. The van der Waals surface area contributed by atoms with Crippen LogP contribution in [-0.2, 0) is 19.0 Å². The van der Waals surface area contributed by atoms with Crippen LogP contribution in [0, 0.1) is 16.7 Å². The number of allylic oxidation sites excluding steroid dienone is 2. The Bertz CT molecular complexity index is 935. The van der Waals surface area contributed by atoms with Crippen molar-refractivity contribution in [2.45, 2.75) is 97.1 Å². The second kappa shape index (κ2) is 9.72. The Labute approximate surface area is 207 Å². The minimum absolute atomic E-state index is 0.00114. The van der Waals surface area contributed by atoms with Crippen molar-refractivity contribution in [3.05, 3.63) is 34.4 Å². The molecule has 0 unspecified atom stereocenters. The maximum Gasteiger partial charge on any atom is 0.303 e. The van der Waals surface area contributed by atoms with Crippen molar-refractivity contribution in [2.75, 3.05) is 13.2 Å². The van der Waals surface area contributed by atoms with E-state index >= 15 is 0 Å². The summed E-state index contributed by atoms with van der Waals surface area (Å²) in [5.41, 5.74) is 3.67. The number of rotatable bonds is 5. The third-order valence-corrected chi connectivity index (χ3v) is 8.54. The molecular weight excluding hydrogens is 452 g/mol. The van der Waals surface area contributed by atoms with E-state index in [0.29, 0.717) is 11.5 Å². The molecule has 196 valence electrons. The highest BCUT2D eigenvalue weighted by atomic mass is 16.7. The lowest BCUT2D eigenvalue weighted by Gasteiger charge is -2.49. The van der Waals surface area contributed by atoms with Gasteiger partial charge in [0.05, 0.1) is 19.3 Å². The Balaban J connectivity index is 1.83. The summed E-state index contributed by atoms with van der Waals surface area (Å²) >= 11 is 0. The van der Waals surface area contributed by atoms with E-state index in [9.17, 15) is 25.2 Å². The van der Waals surface area contributed by atoms with E-state index in [1.165, 1.54) is 18.1 Å². The van der Waals surface area contributed by atoms with Crippen LogP contribution < -0.4 is 0 Å². The number of aliphatic hydroxyl groups is 4. The third kappa shape index (κ3) is 4.65. The minimum atomic E-state index is -1.43. The predicted octanol–water partition coefficient (Wildman–Crippen LogP) is 2.15. The van der Waals surface area contributed by atoms with Gasteiger partial charge in [-0.05, 0) is 65.9 Å². The van der Waals surface area contributed by atoms with Crippen LogP contribution in [0.4, 0.5) is 0 Å². The Hall–Kier alpha value is -1.55. The van der Waals surface area contributed by atoms with Crippen molar-refractivity contribution < 1.29 is 39.4 Å². The van der Waals surface area contributed by atoms with E-state index < -0.39 is 48.2 Å². The zero-order valence-corrected chi connectivity index (χ0v) is 21.4. The molecule has 8 heteroatoms. The summed E-state index contributed by atoms with van der Waals surface area (Å²) in [6.45, 7) is 9.66. The number of hydrogen-bond acceptors (Lipinski definition) is 8. The molecule has 0 aromatic carbocycles. The van der Waals surface area contributed by atoms with Crippen LogP contribution in [0.15, 0.2) is 34.4 Å². The summed E-state index contributed by atoms with van der Waals surface area (Å²) in [5, 5.41) is 40.9. The zero-order chi connectivity index (χ0) is 25.7.